The number of nitrogens with one attached hydrogen (secondary N) is 2. The maximum absolute atomic E-state index is 11.9. The number of amides is 2. The van der Waals surface area contributed by atoms with Crippen molar-refractivity contribution in [1.29, 1.82) is 0 Å². The van der Waals surface area contributed by atoms with E-state index in [0.717, 1.165) is 5.56 Å². The number of nitrogens with zero attached hydrogens (tertiary/aromatic N) is 1. The predicted octanol–water partition coefficient (Wildman–Crippen LogP) is 4.18. The highest BCUT2D eigenvalue weighted by atomic mass is 35.5. The first kappa shape index (κ1) is 19.2. The van der Waals surface area contributed by atoms with Crippen molar-refractivity contribution in [3.8, 4) is 11.3 Å². The highest BCUT2D eigenvalue weighted by Crippen LogP contribution is 2.23. The Morgan fingerprint density at radius 1 is 1.11 bits per heavy atom. The van der Waals surface area contributed by atoms with Crippen molar-refractivity contribution in [2.75, 3.05) is 6.54 Å². The van der Waals surface area contributed by atoms with E-state index in [-0.39, 0.29) is 13.1 Å². The Balaban J connectivity index is 1.48. The number of oxazole rings is 1. The molecule has 3 N–H and O–H groups in total. The molecular formula is C19H17Cl2N3O3. The van der Waals surface area contributed by atoms with E-state index in [1.165, 1.54) is 0 Å². The van der Waals surface area contributed by atoms with Gasteiger partial charge in [-0.1, -0.05) is 53.5 Å². The number of aliphatic hydroxyl groups excluding tert-OH is 1. The number of carbonyl (C=O) groups is 1. The smallest absolute Gasteiger partial charge is 0.315 e. The van der Waals surface area contributed by atoms with Crippen LogP contribution in [0.4, 0.5) is 4.79 Å². The van der Waals surface area contributed by atoms with Crippen LogP contribution in [0.3, 0.4) is 0 Å². The maximum Gasteiger partial charge on any atom is 0.315 e. The highest BCUT2D eigenvalue weighted by Gasteiger charge is 2.12. The quantitative estimate of drug-likeness (QED) is 0.573. The van der Waals surface area contributed by atoms with Crippen LogP contribution in [-0.4, -0.2) is 22.7 Å². The summed E-state index contributed by atoms with van der Waals surface area (Å²) in [5, 5.41) is 16.2. The molecule has 6 nitrogen and oxygen atoms in total. The monoisotopic (exact) mass is 405 g/mol. The van der Waals surface area contributed by atoms with Crippen molar-refractivity contribution in [2.24, 2.45) is 0 Å². The summed E-state index contributed by atoms with van der Waals surface area (Å²) in [6.07, 6.45) is 0.676. The number of urea groups is 1. The number of hydrogen-bond acceptors (Lipinski definition) is 4. The summed E-state index contributed by atoms with van der Waals surface area (Å²) >= 11 is 11.8. The van der Waals surface area contributed by atoms with Gasteiger partial charge in [0.15, 0.2) is 5.76 Å². The van der Waals surface area contributed by atoms with Gasteiger partial charge in [-0.05, 0) is 23.8 Å². The molecule has 2 aromatic carbocycles. The van der Waals surface area contributed by atoms with Gasteiger partial charge in [0.25, 0.3) is 0 Å². The lowest BCUT2D eigenvalue weighted by molar-refractivity contribution is 0.173. The van der Waals surface area contributed by atoms with Gasteiger partial charge >= 0.3 is 6.03 Å². The molecule has 0 aliphatic rings. The largest absolute Gasteiger partial charge is 0.439 e. The number of carbonyl (C=O) groups excluding carboxylic acids is 1. The molecular weight excluding hydrogens is 389 g/mol. The normalized spacial score (nSPS) is 11.8. The van der Waals surface area contributed by atoms with E-state index < -0.39 is 12.1 Å². The number of halogens is 2. The van der Waals surface area contributed by atoms with Crippen molar-refractivity contribution in [1.82, 2.24) is 15.6 Å². The zero-order valence-electron chi connectivity index (χ0n) is 14.2. The Labute approximate surface area is 166 Å². The Bertz CT molecular complexity index is 895. The lowest BCUT2D eigenvalue weighted by Gasteiger charge is -2.13. The van der Waals surface area contributed by atoms with Gasteiger partial charge in [-0.2, -0.15) is 0 Å². The lowest BCUT2D eigenvalue weighted by atomic mass is 10.1. The molecule has 3 rings (SSSR count). The van der Waals surface area contributed by atoms with Gasteiger partial charge < -0.3 is 20.2 Å². The fourth-order valence-electron chi connectivity index (χ4n) is 2.42. The van der Waals surface area contributed by atoms with E-state index in [9.17, 15) is 9.90 Å². The highest BCUT2D eigenvalue weighted by molar-refractivity contribution is 6.34. The average molecular weight is 406 g/mol. The van der Waals surface area contributed by atoms with Crippen LogP contribution in [0.1, 0.15) is 17.6 Å². The fourth-order valence-corrected chi connectivity index (χ4v) is 2.96. The molecule has 3 aromatic rings. The van der Waals surface area contributed by atoms with Gasteiger partial charge in [0.1, 0.15) is 0 Å². The summed E-state index contributed by atoms with van der Waals surface area (Å²) in [5.41, 5.74) is 1.43. The number of benzene rings is 2. The van der Waals surface area contributed by atoms with Crippen LogP contribution in [0.2, 0.25) is 10.0 Å². The van der Waals surface area contributed by atoms with Gasteiger partial charge in [-0.3, -0.25) is 0 Å². The first-order valence-electron chi connectivity index (χ1n) is 8.17. The first-order chi connectivity index (χ1) is 13.0. The van der Waals surface area contributed by atoms with Gasteiger partial charge in [0.2, 0.25) is 5.89 Å². The van der Waals surface area contributed by atoms with Crippen molar-refractivity contribution in [2.45, 2.75) is 12.6 Å². The molecule has 1 atom stereocenters. The number of hydrogen-bond donors (Lipinski definition) is 3. The van der Waals surface area contributed by atoms with E-state index in [4.69, 9.17) is 27.6 Å². The van der Waals surface area contributed by atoms with Crippen LogP contribution < -0.4 is 10.6 Å². The Morgan fingerprint density at radius 2 is 1.81 bits per heavy atom. The van der Waals surface area contributed by atoms with Crippen LogP contribution in [0.15, 0.2) is 59.1 Å². The van der Waals surface area contributed by atoms with Crippen LogP contribution in [0.25, 0.3) is 11.3 Å². The summed E-state index contributed by atoms with van der Waals surface area (Å²) < 4.78 is 5.61. The maximum atomic E-state index is 11.9. The second-order valence-corrected chi connectivity index (χ2v) is 6.64. The molecule has 2 amide bonds. The molecule has 0 radical (unpaired) electrons. The first-order valence-corrected chi connectivity index (χ1v) is 8.93. The Kier molecular flexibility index (Phi) is 6.34. The van der Waals surface area contributed by atoms with Crippen LogP contribution in [0.5, 0.6) is 0 Å². The topological polar surface area (TPSA) is 87.4 Å². The second-order valence-electron chi connectivity index (χ2n) is 5.77. The molecule has 1 heterocycles. The third kappa shape index (κ3) is 5.47. The zero-order valence-corrected chi connectivity index (χ0v) is 15.7. The zero-order chi connectivity index (χ0) is 19.2. The van der Waals surface area contributed by atoms with Crippen LogP contribution >= 0.6 is 23.2 Å². The third-order valence-electron chi connectivity index (χ3n) is 3.74. The summed E-state index contributed by atoms with van der Waals surface area (Å²) in [7, 11) is 0. The predicted molar refractivity (Wildman–Crippen MR) is 104 cm³/mol. The van der Waals surface area contributed by atoms with E-state index in [0.29, 0.717) is 27.3 Å². The molecule has 0 aliphatic carbocycles. The summed E-state index contributed by atoms with van der Waals surface area (Å²) in [4.78, 5) is 16.0. The molecule has 0 fully saturated rings. The molecule has 0 bridgehead atoms. The van der Waals surface area contributed by atoms with E-state index >= 15 is 0 Å². The molecule has 1 aromatic heterocycles. The van der Waals surface area contributed by atoms with Gasteiger partial charge in [-0.25, -0.2) is 9.78 Å². The van der Waals surface area contributed by atoms with Crippen molar-refractivity contribution in [3.63, 3.8) is 0 Å². The third-order valence-corrected chi connectivity index (χ3v) is 4.17. The van der Waals surface area contributed by atoms with Crippen LogP contribution in [-0.2, 0) is 6.54 Å². The van der Waals surface area contributed by atoms with Crippen molar-refractivity contribution < 1.29 is 14.3 Å². The Morgan fingerprint density at radius 3 is 2.52 bits per heavy atom. The molecule has 0 saturated heterocycles. The number of aliphatic hydroxyl groups is 1. The summed E-state index contributed by atoms with van der Waals surface area (Å²) in [6, 6.07) is 13.8. The molecule has 0 saturated carbocycles. The van der Waals surface area contributed by atoms with E-state index in [1.54, 1.807) is 24.4 Å². The van der Waals surface area contributed by atoms with Gasteiger partial charge in [0, 0.05) is 22.2 Å². The molecule has 140 valence electrons. The molecule has 0 aliphatic heterocycles. The van der Waals surface area contributed by atoms with Gasteiger partial charge in [0.05, 0.1) is 18.8 Å². The number of rotatable bonds is 6. The minimum absolute atomic E-state index is 0.00333. The van der Waals surface area contributed by atoms with Crippen molar-refractivity contribution in [3.05, 3.63) is 76.2 Å². The minimum atomic E-state index is -0.932. The lowest BCUT2D eigenvalue weighted by Crippen LogP contribution is -2.37. The number of aromatic nitrogens is 1. The van der Waals surface area contributed by atoms with Gasteiger partial charge in [-0.15, -0.1) is 0 Å². The standard InChI is InChI=1S/C19H17Cl2N3O3/c20-14-6-13(7-15(21)8-14)16(25)9-23-19(26)24-11-18-22-10-17(27-18)12-4-2-1-3-5-12/h1-8,10,16,25H,9,11H2,(H2,23,24,26). The van der Waals surface area contributed by atoms with E-state index in [1.807, 2.05) is 30.3 Å². The summed E-state index contributed by atoms with van der Waals surface area (Å²) in [5.74, 6) is 1.01. The molecule has 8 heteroatoms. The van der Waals surface area contributed by atoms with Crippen molar-refractivity contribution >= 4 is 29.2 Å². The molecule has 0 spiro atoms. The molecule has 1 unspecified atom stereocenters. The minimum Gasteiger partial charge on any atom is -0.439 e. The fraction of sp³-hybridized carbons (Fsp3) is 0.158. The Hall–Kier alpha value is -2.54. The van der Waals surface area contributed by atoms with E-state index in [2.05, 4.69) is 15.6 Å². The van der Waals surface area contributed by atoms with Crippen LogP contribution in [0, 0.1) is 0 Å². The second kappa shape index (κ2) is 8.90. The average Bonchev–Trinajstić information content (AvgIpc) is 3.13. The molecule has 27 heavy (non-hydrogen) atoms. The SMILES string of the molecule is O=C(NCc1ncc(-c2ccccc2)o1)NCC(O)c1cc(Cl)cc(Cl)c1. The summed E-state index contributed by atoms with van der Waals surface area (Å²) in [6.45, 7) is 0.126.